The molecule has 0 aromatic heterocycles. The first-order chi connectivity index (χ1) is 19.4. The van der Waals surface area contributed by atoms with Gasteiger partial charge in [0, 0.05) is 43.4 Å². The van der Waals surface area contributed by atoms with Crippen molar-refractivity contribution in [2.24, 2.45) is 11.3 Å². The molecule has 0 saturated carbocycles. The van der Waals surface area contributed by atoms with Crippen molar-refractivity contribution < 1.29 is 38.1 Å². The fourth-order valence-electron chi connectivity index (χ4n) is 6.39. The number of benzene rings is 1. The molecule has 0 spiro atoms. The van der Waals surface area contributed by atoms with Crippen LogP contribution >= 0.6 is 0 Å². The highest BCUT2D eigenvalue weighted by Crippen LogP contribution is 2.46. The number of amides is 1. The van der Waals surface area contributed by atoms with E-state index in [0.717, 1.165) is 35.9 Å². The number of carbonyl (C=O) groups excluding carboxylic acids is 1. The Hall–Kier alpha value is -2.40. The van der Waals surface area contributed by atoms with Gasteiger partial charge in [0.05, 0.1) is 53.4 Å². The van der Waals surface area contributed by atoms with Crippen LogP contribution in [0.5, 0.6) is 11.5 Å². The van der Waals surface area contributed by atoms with Crippen LogP contribution in [0.4, 0.5) is 0 Å². The van der Waals surface area contributed by atoms with Crippen molar-refractivity contribution in [3.63, 3.8) is 0 Å². The van der Waals surface area contributed by atoms with E-state index in [0.29, 0.717) is 50.8 Å². The number of carbonyl (C=O) groups is 2. The van der Waals surface area contributed by atoms with Crippen LogP contribution in [0.25, 0.3) is 0 Å². The Bertz CT molecular complexity index is 1050. The summed E-state index contributed by atoms with van der Waals surface area (Å²) >= 11 is 0. The molecule has 1 amide bonds. The Labute approximate surface area is 245 Å². The molecule has 3 heterocycles. The number of aliphatic carboxylic acids is 1. The lowest BCUT2D eigenvalue weighted by Crippen LogP contribution is -2.47. The molecule has 3 unspecified atom stereocenters. The van der Waals surface area contributed by atoms with Gasteiger partial charge in [-0.3, -0.25) is 14.5 Å². The molecule has 3 aliphatic heterocycles. The molecule has 4 rings (SSSR count). The minimum Gasteiger partial charge on any atom is -0.481 e. The number of hydrogen-bond donors (Lipinski definition) is 1. The van der Waals surface area contributed by atoms with E-state index >= 15 is 0 Å². The van der Waals surface area contributed by atoms with Crippen LogP contribution < -0.4 is 9.47 Å². The predicted molar refractivity (Wildman–Crippen MR) is 155 cm³/mol. The molecule has 10 heteroatoms. The van der Waals surface area contributed by atoms with Crippen LogP contribution in [0.1, 0.15) is 57.9 Å². The average Bonchev–Trinajstić information content (AvgIpc) is 3.65. The molecule has 41 heavy (non-hydrogen) atoms. The smallest absolute Gasteiger partial charge is 0.308 e. The third-order valence-corrected chi connectivity index (χ3v) is 8.58. The number of likely N-dealkylation sites (tertiary alicyclic amines) is 1. The highest BCUT2D eigenvalue weighted by atomic mass is 16.7. The Morgan fingerprint density at radius 2 is 1.76 bits per heavy atom. The highest BCUT2D eigenvalue weighted by molar-refractivity contribution is 5.79. The molecular weight excluding hydrogens is 526 g/mol. The molecule has 2 fully saturated rings. The number of nitrogens with zero attached hydrogens (tertiary/aromatic N) is 3. The second-order valence-electron chi connectivity index (χ2n) is 13.4. The molecule has 10 nitrogen and oxygen atoms in total. The number of unbranched alkanes of at least 4 members (excludes halogenated alkanes) is 1. The van der Waals surface area contributed by atoms with Crippen LogP contribution in [0, 0.1) is 11.3 Å². The summed E-state index contributed by atoms with van der Waals surface area (Å²) in [5.74, 6) is -0.503. The van der Waals surface area contributed by atoms with Crippen molar-refractivity contribution in [3.05, 3.63) is 23.8 Å². The molecule has 1 N–H and O–H groups in total. The van der Waals surface area contributed by atoms with E-state index in [1.54, 1.807) is 0 Å². The largest absolute Gasteiger partial charge is 0.481 e. The van der Waals surface area contributed by atoms with Crippen molar-refractivity contribution in [1.82, 2.24) is 9.80 Å². The van der Waals surface area contributed by atoms with Crippen LogP contribution in [-0.2, 0) is 19.1 Å². The average molecular weight is 577 g/mol. The van der Waals surface area contributed by atoms with Crippen LogP contribution in [-0.4, -0.2) is 117 Å². The standard InChI is InChI=1S/C31H49N3O7/c1-7-8-12-32(13-9-14-34(4,5)6)27(35)20-33-19-23(22-10-11-25-26(17-22)41-21-40-25)28(29(36)37)24(33)18-31(2,3)30-38-15-16-39-30/h10-11,17,23-24,28,30H,7-9,12-16,18-21H2,1-6H3/p+1. The van der Waals surface area contributed by atoms with E-state index in [1.807, 2.05) is 23.1 Å². The first kappa shape index (κ1) is 31.5. The Morgan fingerprint density at radius 1 is 1.07 bits per heavy atom. The van der Waals surface area contributed by atoms with Gasteiger partial charge < -0.3 is 33.4 Å². The van der Waals surface area contributed by atoms with E-state index in [4.69, 9.17) is 18.9 Å². The second-order valence-corrected chi connectivity index (χ2v) is 13.4. The van der Waals surface area contributed by atoms with Crippen molar-refractivity contribution in [1.29, 1.82) is 0 Å². The molecule has 0 aliphatic carbocycles. The molecule has 0 radical (unpaired) electrons. The molecule has 230 valence electrons. The first-order valence-electron chi connectivity index (χ1n) is 15.1. The monoisotopic (exact) mass is 576 g/mol. The summed E-state index contributed by atoms with van der Waals surface area (Å²) in [6.07, 6.45) is 2.99. The zero-order chi connectivity index (χ0) is 29.8. The van der Waals surface area contributed by atoms with E-state index < -0.39 is 23.6 Å². The SMILES string of the molecule is CCCCN(CCC[N+](C)(C)C)C(=O)CN1CC(c2ccc3c(c2)OCO3)C(C(=O)O)C1CC(C)(C)C1OCCO1. The maximum Gasteiger partial charge on any atom is 0.308 e. The number of quaternary nitrogens is 1. The molecule has 3 atom stereocenters. The maximum absolute atomic E-state index is 13.8. The minimum atomic E-state index is -0.859. The molecule has 1 aromatic carbocycles. The van der Waals surface area contributed by atoms with Crippen LogP contribution in [0.2, 0.25) is 0 Å². The number of ether oxygens (including phenoxy) is 4. The predicted octanol–water partition coefficient (Wildman–Crippen LogP) is 3.40. The summed E-state index contributed by atoms with van der Waals surface area (Å²) < 4.78 is 23.7. The van der Waals surface area contributed by atoms with Gasteiger partial charge in [-0.05, 0) is 30.5 Å². The summed E-state index contributed by atoms with van der Waals surface area (Å²) in [5.41, 5.74) is 0.450. The van der Waals surface area contributed by atoms with Gasteiger partial charge in [0.15, 0.2) is 17.8 Å². The lowest BCUT2D eigenvalue weighted by atomic mass is 9.77. The van der Waals surface area contributed by atoms with Gasteiger partial charge in [0.25, 0.3) is 0 Å². The van der Waals surface area contributed by atoms with Crippen molar-refractivity contribution in [2.45, 2.75) is 64.7 Å². The molecule has 2 saturated heterocycles. The Kier molecular flexibility index (Phi) is 10.2. The van der Waals surface area contributed by atoms with Gasteiger partial charge >= 0.3 is 5.97 Å². The second kappa shape index (κ2) is 13.3. The van der Waals surface area contributed by atoms with Crippen molar-refractivity contribution in [2.75, 3.05) is 73.9 Å². The number of hydrogen-bond acceptors (Lipinski definition) is 7. The van der Waals surface area contributed by atoms with Crippen molar-refractivity contribution in [3.8, 4) is 11.5 Å². The maximum atomic E-state index is 13.8. The molecule has 1 aromatic rings. The summed E-state index contributed by atoms with van der Waals surface area (Å²) in [5, 5.41) is 10.6. The molecule has 0 bridgehead atoms. The normalized spacial score (nSPS) is 23.3. The lowest BCUT2D eigenvalue weighted by Gasteiger charge is -2.37. The zero-order valence-corrected chi connectivity index (χ0v) is 25.8. The van der Waals surface area contributed by atoms with E-state index in [-0.39, 0.29) is 31.2 Å². The quantitative estimate of drug-likeness (QED) is 0.337. The highest BCUT2D eigenvalue weighted by Gasteiger charge is 2.50. The molecular formula is C31H50N3O7+. The van der Waals surface area contributed by atoms with Gasteiger partial charge in [-0.15, -0.1) is 0 Å². The third kappa shape index (κ3) is 7.91. The van der Waals surface area contributed by atoms with Crippen LogP contribution in [0.15, 0.2) is 18.2 Å². The summed E-state index contributed by atoms with van der Waals surface area (Å²) in [7, 11) is 6.48. The fraction of sp³-hybridized carbons (Fsp3) is 0.742. The topological polar surface area (TPSA) is 97.8 Å². The Balaban J connectivity index is 1.59. The van der Waals surface area contributed by atoms with E-state index in [1.165, 1.54) is 0 Å². The van der Waals surface area contributed by atoms with E-state index in [2.05, 4.69) is 46.8 Å². The van der Waals surface area contributed by atoms with E-state index in [9.17, 15) is 14.7 Å². The fourth-order valence-corrected chi connectivity index (χ4v) is 6.39. The number of carboxylic acid groups (broad SMARTS) is 1. The molecule has 3 aliphatic rings. The summed E-state index contributed by atoms with van der Waals surface area (Å²) in [4.78, 5) is 30.9. The zero-order valence-electron chi connectivity index (χ0n) is 25.8. The summed E-state index contributed by atoms with van der Waals surface area (Å²) in [6.45, 7) is 10.5. The first-order valence-corrected chi connectivity index (χ1v) is 15.1. The number of fused-ring (bicyclic) bond motifs is 1. The van der Waals surface area contributed by atoms with Gasteiger partial charge in [-0.2, -0.15) is 0 Å². The third-order valence-electron chi connectivity index (χ3n) is 8.58. The number of carboxylic acids is 1. The Morgan fingerprint density at radius 3 is 2.41 bits per heavy atom. The van der Waals surface area contributed by atoms with Gasteiger partial charge in [-0.1, -0.05) is 33.3 Å². The minimum absolute atomic E-state index is 0.0616. The van der Waals surface area contributed by atoms with Gasteiger partial charge in [0.1, 0.15) is 0 Å². The van der Waals surface area contributed by atoms with Crippen LogP contribution in [0.3, 0.4) is 0 Å². The van der Waals surface area contributed by atoms with Crippen molar-refractivity contribution >= 4 is 11.9 Å². The summed E-state index contributed by atoms with van der Waals surface area (Å²) in [6, 6.07) is 5.32. The number of rotatable bonds is 14. The van der Waals surface area contributed by atoms with Gasteiger partial charge in [-0.25, -0.2) is 0 Å². The van der Waals surface area contributed by atoms with Gasteiger partial charge in [0.2, 0.25) is 12.7 Å². The lowest BCUT2D eigenvalue weighted by molar-refractivity contribution is -0.870.